The highest BCUT2D eigenvalue weighted by Crippen LogP contribution is 2.12. The van der Waals surface area contributed by atoms with Crippen molar-refractivity contribution in [3.63, 3.8) is 0 Å². The van der Waals surface area contributed by atoms with Crippen LogP contribution in [0.5, 0.6) is 0 Å². The number of halogens is 1. The summed E-state index contributed by atoms with van der Waals surface area (Å²) in [7, 11) is 0. The van der Waals surface area contributed by atoms with Crippen LogP contribution in [-0.4, -0.2) is 31.5 Å². The fraction of sp³-hybridized carbons (Fsp3) is 0.125. The first-order valence-corrected chi connectivity index (χ1v) is 5.17. The monoisotopic (exact) mass is 282 g/mol. The van der Waals surface area contributed by atoms with Gasteiger partial charge in [-0.2, -0.15) is 5.21 Å². The maximum Gasteiger partial charge on any atom is 0.271 e. The van der Waals surface area contributed by atoms with E-state index < -0.39 is 0 Å². The molecule has 0 aliphatic carbocycles. The van der Waals surface area contributed by atoms with Crippen molar-refractivity contribution < 1.29 is 4.79 Å². The van der Waals surface area contributed by atoms with Gasteiger partial charge in [-0.1, -0.05) is 5.21 Å². The van der Waals surface area contributed by atoms with Gasteiger partial charge in [0.1, 0.15) is 5.69 Å². The highest BCUT2D eigenvalue weighted by Gasteiger charge is 2.11. The molecule has 0 aliphatic rings. The largest absolute Gasteiger partial charge is 0.343 e. The van der Waals surface area contributed by atoms with Crippen molar-refractivity contribution in [1.29, 1.82) is 0 Å². The van der Waals surface area contributed by atoms with Gasteiger partial charge in [0.05, 0.1) is 6.54 Å². The molecular weight excluding hydrogens is 276 g/mol. The average molecular weight is 283 g/mol. The smallest absolute Gasteiger partial charge is 0.271 e. The lowest BCUT2D eigenvalue weighted by Gasteiger charge is -2.02. The van der Waals surface area contributed by atoms with Crippen LogP contribution in [-0.2, 0) is 6.54 Å². The topological polar surface area (TPSA) is 96.5 Å². The molecule has 2 N–H and O–H groups in total. The number of hydrogen-bond acceptors (Lipinski definition) is 5. The zero-order valence-corrected chi connectivity index (χ0v) is 9.60. The highest BCUT2D eigenvalue weighted by molar-refractivity contribution is 9.10. The summed E-state index contributed by atoms with van der Waals surface area (Å²) >= 11 is 3.24. The van der Waals surface area contributed by atoms with Crippen molar-refractivity contribution >= 4 is 21.8 Å². The quantitative estimate of drug-likeness (QED) is 0.843. The third-order valence-corrected chi connectivity index (χ3v) is 2.41. The number of tetrazole rings is 1. The summed E-state index contributed by atoms with van der Waals surface area (Å²) in [4.78, 5) is 15.6. The summed E-state index contributed by atoms with van der Waals surface area (Å²) in [6.07, 6.45) is 1.55. The van der Waals surface area contributed by atoms with E-state index in [4.69, 9.17) is 0 Å². The predicted octanol–water partition coefficient (Wildman–Crippen LogP) is 0.287. The number of nitrogens with zero attached hydrogens (tertiary/aromatic N) is 4. The Labute approximate surface area is 98.8 Å². The third kappa shape index (κ3) is 2.40. The molecule has 0 fully saturated rings. The Hall–Kier alpha value is -1.83. The number of amides is 1. The van der Waals surface area contributed by atoms with Gasteiger partial charge in [-0.15, -0.1) is 10.2 Å². The van der Waals surface area contributed by atoms with E-state index in [9.17, 15) is 4.79 Å². The molecule has 7 nitrogen and oxygen atoms in total. The fourth-order valence-corrected chi connectivity index (χ4v) is 1.49. The van der Waals surface area contributed by atoms with Crippen LogP contribution in [0, 0.1) is 0 Å². The number of carbonyl (C=O) groups excluding carboxylic acids is 1. The summed E-state index contributed by atoms with van der Waals surface area (Å²) in [6, 6.07) is 3.48. The Morgan fingerprint density at radius 3 is 3.12 bits per heavy atom. The van der Waals surface area contributed by atoms with Crippen molar-refractivity contribution in [3.05, 3.63) is 34.3 Å². The summed E-state index contributed by atoms with van der Waals surface area (Å²) in [5.74, 6) is 0.123. The van der Waals surface area contributed by atoms with Crippen LogP contribution in [0.1, 0.15) is 16.3 Å². The van der Waals surface area contributed by atoms with Gasteiger partial charge in [0, 0.05) is 10.7 Å². The number of rotatable bonds is 3. The molecule has 0 atom stereocenters. The van der Waals surface area contributed by atoms with Gasteiger partial charge in [0.25, 0.3) is 5.91 Å². The van der Waals surface area contributed by atoms with Crippen LogP contribution in [0.4, 0.5) is 0 Å². The fourth-order valence-electron chi connectivity index (χ4n) is 1.05. The van der Waals surface area contributed by atoms with Gasteiger partial charge in [-0.25, -0.2) is 4.98 Å². The van der Waals surface area contributed by atoms with Crippen LogP contribution >= 0.6 is 15.9 Å². The van der Waals surface area contributed by atoms with E-state index in [1.807, 2.05) is 0 Å². The summed E-state index contributed by atoms with van der Waals surface area (Å²) in [5.41, 5.74) is 0.325. The van der Waals surface area contributed by atoms with E-state index in [0.29, 0.717) is 16.0 Å². The molecule has 0 aromatic carbocycles. The minimum absolute atomic E-state index is 0.207. The van der Waals surface area contributed by atoms with E-state index in [2.05, 4.69) is 46.9 Å². The number of aromatic amines is 1. The molecule has 82 valence electrons. The van der Waals surface area contributed by atoms with Crippen molar-refractivity contribution in [1.82, 2.24) is 30.9 Å². The van der Waals surface area contributed by atoms with Crippen LogP contribution < -0.4 is 5.32 Å². The van der Waals surface area contributed by atoms with Crippen LogP contribution in [0.3, 0.4) is 0 Å². The molecular formula is C8H7BrN6O. The van der Waals surface area contributed by atoms with Crippen LogP contribution in [0.2, 0.25) is 0 Å². The number of hydrogen-bond donors (Lipinski definition) is 2. The number of H-pyrrole nitrogens is 1. The molecule has 0 bridgehead atoms. The van der Waals surface area contributed by atoms with Gasteiger partial charge >= 0.3 is 0 Å². The molecule has 2 aromatic heterocycles. The molecule has 0 radical (unpaired) electrons. The van der Waals surface area contributed by atoms with Crippen molar-refractivity contribution in [2.24, 2.45) is 0 Å². The molecule has 16 heavy (non-hydrogen) atoms. The molecule has 0 unspecified atom stereocenters. The Kier molecular flexibility index (Phi) is 3.20. The van der Waals surface area contributed by atoms with Gasteiger partial charge in [-0.05, 0) is 28.1 Å². The molecule has 1 amide bonds. The zero-order valence-electron chi connectivity index (χ0n) is 8.01. The number of aromatic nitrogens is 5. The summed E-state index contributed by atoms with van der Waals surface area (Å²) < 4.78 is 0.639. The van der Waals surface area contributed by atoms with Crippen LogP contribution in [0.25, 0.3) is 0 Å². The van der Waals surface area contributed by atoms with Gasteiger partial charge < -0.3 is 5.32 Å². The van der Waals surface area contributed by atoms with Crippen LogP contribution in [0.15, 0.2) is 22.8 Å². The maximum absolute atomic E-state index is 11.7. The molecule has 0 spiro atoms. The SMILES string of the molecule is O=C(NCc1nn[nH]n1)c1ncccc1Br. The highest BCUT2D eigenvalue weighted by atomic mass is 79.9. The number of nitrogens with one attached hydrogen (secondary N) is 2. The molecule has 2 heterocycles. The first-order valence-electron chi connectivity index (χ1n) is 4.38. The molecule has 2 rings (SSSR count). The predicted molar refractivity (Wildman–Crippen MR) is 57.3 cm³/mol. The van der Waals surface area contributed by atoms with Crippen molar-refractivity contribution in [2.75, 3.05) is 0 Å². The standard InChI is InChI=1S/C8H7BrN6O/c9-5-2-1-3-10-7(5)8(16)11-4-6-12-14-15-13-6/h1-3H,4H2,(H,11,16)(H,12,13,14,15). The maximum atomic E-state index is 11.7. The molecule has 0 saturated carbocycles. The third-order valence-electron chi connectivity index (χ3n) is 1.77. The van der Waals surface area contributed by atoms with E-state index in [1.165, 1.54) is 0 Å². The van der Waals surface area contributed by atoms with Crippen molar-refractivity contribution in [2.45, 2.75) is 6.54 Å². The minimum atomic E-state index is -0.294. The van der Waals surface area contributed by atoms with Gasteiger partial charge in [0.15, 0.2) is 5.82 Å². The normalized spacial score (nSPS) is 10.1. The average Bonchev–Trinajstić information content (AvgIpc) is 2.79. The van der Waals surface area contributed by atoms with Crippen molar-refractivity contribution in [3.8, 4) is 0 Å². The Morgan fingerprint density at radius 2 is 2.44 bits per heavy atom. The van der Waals surface area contributed by atoms with E-state index in [0.717, 1.165) is 0 Å². The van der Waals surface area contributed by atoms with Gasteiger partial charge in [0.2, 0.25) is 0 Å². The second-order valence-electron chi connectivity index (χ2n) is 2.84. The Balaban J connectivity index is 2.01. The summed E-state index contributed by atoms with van der Waals surface area (Å²) in [6.45, 7) is 0.207. The second-order valence-corrected chi connectivity index (χ2v) is 3.70. The lowest BCUT2D eigenvalue weighted by molar-refractivity contribution is 0.0944. The Morgan fingerprint density at radius 1 is 1.56 bits per heavy atom. The first kappa shape index (κ1) is 10.7. The Bertz CT molecular complexity index is 485. The lowest BCUT2D eigenvalue weighted by Crippen LogP contribution is -2.24. The van der Waals surface area contributed by atoms with E-state index in [-0.39, 0.29) is 12.5 Å². The first-order chi connectivity index (χ1) is 7.77. The van der Waals surface area contributed by atoms with E-state index >= 15 is 0 Å². The number of carbonyl (C=O) groups is 1. The zero-order chi connectivity index (χ0) is 11.4. The minimum Gasteiger partial charge on any atom is -0.343 e. The van der Waals surface area contributed by atoms with E-state index in [1.54, 1.807) is 18.3 Å². The van der Waals surface area contributed by atoms with Gasteiger partial charge in [-0.3, -0.25) is 4.79 Å². The molecule has 2 aromatic rings. The molecule has 0 aliphatic heterocycles. The number of pyridine rings is 1. The molecule has 8 heteroatoms. The molecule has 0 saturated heterocycles. The second kappa shape index (κ2) is 4.79. The summed E-state index contributed by atoms with van der Waals surface area (Å²) in [5, 5.41) is 15.7. The lowest BCUT2D eigenvalue weighted by atomic mass is 10.3.